The lowest BCUT2D eigenvalue weighted by atomic mass is 9.82. The Hall–Kier alpha value is -3.23. The Kier molecular flexibility index (Phi) is 4.14. The van der Waals surface area contributed by atoms with E-state index in [-0.39, 0.29) is 5.92 Å². The van der Waals surface area contributed by atoms with Gasteiger partial charge < -0.3 is 10.3 Å². The molecule has 134 valence electrons. The fraction of sp³-hybridized carbons (Fsp3) is 0.143. The van der Waals surface area contributed by atoms with Crippen LogP contribution < -0.4 is 10.6 Å². The van der Waals surface area contributed by atoms with Crippen LogP contribution in [-0.2, 0) is 0 Å². The monoisotopic (exact) mass is 376 g/mol. The highest BCUT2D eigenvalue weighted by Crippen LogP contribution is 2.47. The van der Waals surface area contributed by atoms with Gasteiger partial charge in [0.15, 0.2) is 0 Å². The molecular formula is C21H17ClN4O. The van der Waals surface area contributed by atoms with Crippen LogP contribution in [0.4, 0.5) is 11.6 Å². The SMILES string of the molecule is Cc1ccc(N2C(N)=C(C#N)[C@H](c3ccc(Cl)cc3)c3c(C)noc32)cc1. The van der Waals surface area contributed by atoms with Gasteiger partial charge in [-0.15, -0.1) is 0 Å². The summed E-state index contributed by atoms with van der Waals surface area (Å²) in [4.78, 5) is 1.75. The summed E-state index contributed by atoms with van der Waals surface area (Å²) in [6, 6.07) is 17.6. The number of nitriles is 1. The number of nitrogens with zero attached hydrogens (tertiary/aromatic N) is 3. The molecule has 1 aliphatic heterocycles. The predicted molar refractivity (Wildman–Crippen MR) is 105 cm³/mol. The molecule has 6 heteroatoms. The molecular weight excluding hydrogens is 360 g/mol. The van der Waals surface area contributed by atoms with E-state index in [0.29, 0.717) is 22.3 Å². The molecule has 0 saturated heterocycles. The molecule has 0 saturated carbocycles. The first kappa shape index (κ1) is 17.2. The van der Waals surface area contributed by atoms with Gasteiger partial charge in [-0.3, -0.25) is 4.90 Å². The van der Waals surface area contributed by atoms with Crippen LogP contribution in [0.15, 0.2) is 64.4 Å². The van der Waals surface area contributed by atoms with E-state index in [1.165, 1.54) is 0 Å². The van der Waals surface area contributed by atoms with Gasteiger partial charge in [-0.05, 0) is 43.7 Å². The fourth-order valence-electron chi connectivity index (χ4n) is 3.44. The van der Waals surface area contributed by atoms with Crippen LogP contribution in [0.2, 0.25) is 5.02 Å². The number of hydrogen-bond donors (Lipinski definition) is 1. The minimum absolute atomic E-state index is 0.338. The van der Waals surface area contributed by atoms with E-state index in [4.69, 9.17) is 21.9 Å². The molecule has 0 bridgehead atoms. The molecule has 27 heavy (non-hydrogen) atoms. The van der Waals surface area contributed by atoms with Gasteiger partial charge in [0.05, 0.1) is 34.5 Å². The largest absolute Gasteiger partial charge is 0.384 e. The number of aryl methyl sites for hydroxylation is 2. The Balaban J connectivity index is 1.96. The second-order valence-electron chi connectivity index (χ2n) is 6.55. The zero-order valence-electron chi connectivity index (χ0n) is 14.9. The molecule has 0 spiro atoms. The summed E-state index contributed by atoms with van der Waals surface area (Å²) in [5, 5.41) is 14.7. The van der Waals surface area contributed by atoms with Crippen LogP contribution in [0.3, 0.4) is 0 Å². The third-order valence-corrected chi connectivity index (χ3v) is 5.05. The van der Waals surface area contributed by atoms with Crippen molar-refractivity contribution in [1.29, 1.82) is 5.26 Å². The molecule has 0 fully saturated rings. The average Bonchev–Trinajstić information content (AvgIpc) is 3.04. The maximum Gasteiger partial charge on any atom is 0.241 e. The molecule has 5 nitrogen and oxygen atoms in total. The standard InChI is InChI=1S/C21H17ClN4O/c1-12-3-9-16(10-4-12)26-20(24)17(11-23)19(14-5-7-15(22)8-6-14)18-13(2)25-27-21(18)26/h3-10,19H,24H2,1-2H3/t19-/m0/s1. The van der Waals surface area contributed by atoms with E-state index in [2.05, 4.69) is 11.2 Å². The van der Waals surface area contributed by atoms with E-state index >= 15 is 0 Å². The third-order valence-electron chi connectivity index (χ3n) is 4.80. The van der Waals surface area contributed by atoms with Gasteiger partial charge >= 0.3 is 0 Å². The second-order valence-corrected chi connectivity index (χ2v) is 6.99. The van der Waals surface area contributed by atoms with E-state index < -0.39 is 0 Å². The molecule has 1 atom stereocenters. The topological polar surface area (TPSA) is 79.1 Å². The Bertz CT molecular complexity index is 1070. The van der Waals surface area contributed by atoms with Crippen LogP contribution in [-0.4, -0.2) is 5.16 Å². The van der Waals surface area contributed by atoms with Crippen molar-refractivity contribution in [1.82, 2.24) is 5.16 Å². The summed E-state index contributed by atoms with van der Waals surface area (Å²) in [6.07, 6.45) is 0. The number of anilines is 2. The Morgan fingerprint density at radius 2 is 1.78 bits per heavy atom. The van der Waals surface area contributed by atoms with Crippen LogP contribution in [0.1, 0.15) is 28.3 Å². The Morgan fingerprint density at radius 3 is 2.41 bits per heavy atom. The number of rotatable bonds is 2. The number of benzene rings is 2. The molecule has 1 aliphatic rings. The molecule has 2 heterocycles. The molecule has 4 rings (SSSR count). The zero-order chi connectivity index (χ0) is 19.1. The third kappa shape index (κ3) is 2.75. The van der Waals surface area contributed by atoms with Crippen LogP contribution in [0, 0.1) is 25.2 Å². The van der Waals surface area contributed by atoms with E-state index in [0.717, 1.165) is 28.1 Å². The van der Waals surface area contributed by atoms with Crippen molar-refractivity contribution in [2.24, 2.45) is 5.73 Å². The van der Waals surface area contributed by atoms with Crippen molar-refractivity contribution in [2.45, 2.75) is 19.8 Å². The highest BCUT2D eigenvalue weighted by Gasteiger charge is 2.38. The molecule has 0 radical (unpaired) electrons. The van der Waals surface area contributed by atoms with Gasteiger partial charge in [-0.25, -0.2) is 0 Å². The predicted octanol–water partition coefficient (Wildman–Crippen LogP) is 4.92. The van der Waals surface area contributed by atoms with Crippen LogP contribution in [0.5, 0.6) is 0 Å². The average molecular weight is 377 g/mol. The molecule has 0 amide bonds. The van der Waals surface area contributed by atoms with Crippen molar-refractivity contribution < 1.29 is 4.52 Å². The lowest BCUT2D eigenvalue weighted by molar-refractivity contribution is 0.420. The number of nitrogens with two attached hydrogens (primary N) is 1. The van der Waals surface area contributed by atoms with Crippen molar-refractivity contribution >= 4 is 23.2 Å². The first-order valence-corrected chi connectivity index (χ1v) is 8.87. The first-order valence-electron chi connectivity index (χ1n) is 8.49. The molecule has 1 aromatic heterocycles. The molecule has 2 aromatic carbocycles. The van der Waals surface area contributed by atoms with Gasteiger partial charge in [0.25, 0.3) is 0 Å². The number of fused-ring (bicyclic) bond motifs is 1. The summed E-state index contributed by atoms with van der Waals surface area (Å²) in [7, 11) is 0. The van der Waals surface area contributed by atoms with E-state index in [9.17, 15) is 5.26 Å². The number of aromatic nitrogens is 1. The summed E-state index contributed by atoms with van der Waals surface area (Å²) in [5.41, 5.74) is 11.3. The van der Waals surface area contributed by atoms with Crippen LogP contribution >= 0.6 is 11.6 Å². The molecule has 3 aromatic rings. The van der Waals surface area contributed by atoms with Crippen molar-refractivity contribution in [3.63, 3.8) is 0 Å². The molecule has 0 aliphatic carbocycles. The Labute approximate surface area is 162 Å². The fourth-order valence-corrected chi connectivity index (χ4v) is 3.57. The summed E-state index contributed by atoms with van der Waals surface area (Å²) in [6.45, 7) is 3.88. The van der Waals surface area contributed by atoms with Crippen molar-refractivity contribution in [2.75, 3.05) is 4.90 Å². The lowest BCUT2D eigenvalue weighted by Crippen LogP contribution is -2.31. The normalized spacial score (nSPS) is 16.2. The number of halogens is 1. The Morgan fingerprint density at radius 1 is 1.11 bits per heavy atom. The summed E-state index contributed by atoms with van der Waals surface area (Å²) in [5.74, 6) is 0.521. The van der Waals surface area contributed by atoms with Gasteiger partial charge in [-0.2, -0.15) is 5.26 Å². The van der Waals surface area contributed by atoms with E-state index in [1.807, 2.05) is 50.2 Å². The van der Waals surface area contributed by atoms with Crippen LogP contribution in [0.25, 0.3) is 0 Å². The summed E-state index contributed by atoms with van der Waals surface area (Å²) >= 11 is 6.04. The second kappa shape index (κ2) is 6.49. The highest BCUT2D eigenvalue weighted by atomic mass is 35.5. The van der Waals surface area contributed by atoms with Crippen molar-refractivity contribution in [3.8, 4) is 6.07 Å². The lowest BCUT2D eigenvalue weighted by Gasteiger charge is -2.32. The smallest absolute Gasteiger partial charge is 0.241 e. The summed E-state index contributed by atoms with van der Waals surface area (Å²) < 4.78 is 5.65. The highest BCUT2D eigenvalue weighted by molar-refractivity contribution is 6.30. The van der Waals surface area contributed by atoms with Crippen molar-refractivity contribution in [3.05, 3.63) is 87.3 Å². The maximum atomic E-state index is 9.92. The minimum Gasteiger partial charge on any atom is -0.384 e. The van der Waals surface area contributed by atoms with E-state index in [1.54, 1.807) is 17.0 Å². The zero-order valence-corrected chi connectivity index (χ0v) is 15.7. The quantitative estimate of drug-likeness (QED) is 0.686. The van der Waals surface area contributed by atoms with Gasteiger partial charge in [-0.1, -0.05) is 46.6 Å². The molecule has 2 N–H and O–H groups in total. The van der Waals surface area contributed by atoms with Gasteiger partial charge in [0, 0.05) is 5.02 Å². The van der Waals surface area contributed by atoms with Gasteiger partial charge in [0.1, 0.15) is 5.82 Å². The van der Waals surface area contributed by atoms with Gasteiger partial charge in [0.2, 0.25) is 5.88 Å². The maximum absolute atomic E-state index is 9.92. The molecule has 0 unspecified atom stereocenters. The first-order chi connectivity index (χ1) is 13.0. The number of allylic oxidation sites excluding steroid dienone is 1. The number of hydrogen-bond acceptors (Lipinski definition) is 5. The minimum atomic E-state index is -0.352.